The SMILES string of the molecule is C=S(N1CCN(C(C)C)CC1)N(Cc1ccc(C2=NN=C(C(F)F)C2)cc1)c1ccccc1. The maximum absolute atomic E-state index is 12.9. The lowest BCUT2D eigenvalue weighted by Crippen LogP contribution is -2.48. The molecule has 1 fully saturated rings. The molecule has 2 aliphatic rings. The standard InChI is InChI=1S/C25H31F2N5S/c1-19(2)30-13-15-31(16-14-30)33(3)32(22-7-5-4-6-8-22)18-20-9-11-21(12-10-20)23-17-24(25(26)27)29-28-23/h4-12,19,25H,3,13-18H2,1-2H3. The molecule has 33 heavy (non-hydrogen) atoms. The van der Waals surface area contributed by atoms with Crippen LogP contribution in [0.3, 0.4) is 0 Å². The maximum Gasteiger partial charge on any atom is 0.278 e. The molecular weight excluding hydrogens is 440 g/mol. The van der Waals surface area contributed by atoms with Crippen molar-refractivity contribution in [2.45, 2.75) is 39.3 Å². The minimum Gasteiger partial charge on any atom is -0.306 e. The van der Waals surface area contributed by atoms with E-state index in [1.807, 2.05) is 30.3 Å². The van der Waals surface area contributed by atoms with E-state index >= 15 is 0 Å². The lowest BCUT2D eigenvalue weighted by atomic mass is 10.0. The van der Waals surface area contributed by atoms with E-state index in [0.717, 1.165) is 43.0 Å². The van der Waals surface area contributed by atoms with E-state index in [1.54, 1.807) is 0 Å². The third-order valence-corrected chi connectivity index (χ3v) is 7.92. The molecule has 0 aliphatic carbocycles. The molecule has 0 amide bonds. The van der Waals surface area contributed by atoms with E-state index in [4.69, 9.17) is 0 Å². The van der Waals surface area contributed by atoms with Crippen LogP contribution in [0.4, 0.5) is 14.5 Å². The van der Waals surface area contributed by atoms with E-state index in [-0.39, 0.29) is 23.0 Å². The minimum atomic E-state index is -2.55. The number of hydrogen-bond donors (Lipinski definition) is 0. The first-order valence-electron chi connectivity index (χ1n) is 11.3. The average Bonchev–Trinajstić information content (AvgIpc) is 3.34. The molecule has 5 nitrogen and oxygen atoms in total. The Labute approximate surface area is 197 Å². The van der Waals surface area contributed by atoms with Crippen molar-refractivity contribution in [1.82, 2.24) is 9.21 Å². The van der Waals surface area contributed by atoms with Gasteiger partial charge in [0.25, 0.3) is 6.43 Å². The van der Waals surface area contributed by atoms with Gasteiger partial charge in [-0.15, -0.1) is 0 Å². The largest absolute Gasteiger partial charge is 0.306 e. The first kappa shape index (κ1) is 23.7. The maximum atomic E-state index is 12.9. The molecule has 0 N–H and O–H groups in total. The molecule has 2 aromatic rings. The van der Waals surface area contributed by atoms with Crippen molar-refractivity contribution in [3.05, 3.63) is 65.7 Å². The van der Waals surface area contributed by atoms with Crippen molar-refractivity contribution >= 4 is 33.8 Å². The fourth-order valence-electron chi connectivity index (χ4n) is 4.07. The van der Waals surface area contributed by atoms with E-state index in [9.17, 15) is 8.78 Å². The Hall–Kier alpha value is -2.42. The third kappa shape index (κ3) is 5.75. The first-order valence-corrected chi connectivity index (χ1v) is 12.6. The summed E-state index contributed by atoms with van der Waals surface area (Å²) in [6, 6.07) is 18.9. The topological polar surface area (TPSA) is 34.4 Å². The molecule has 1 saturated heterocycles. The monoisotopic (exact) mass is 471 g/mol. The van der Waals surface area contributed by atoms with Crippen LogP contribution < -0.4 is 4.31 Å². The summed E-state index contributed by atoms with van der Waals surface area (Å²) in [4.78, 5) is 2.51. The Kier molecular flexibility index (Phi) is 7.67. The number of alkyl halides is 2. The van der Waals surface area contributed by atoms with Gasteiger partial charge in [0.05, 0.1) is 12.3 Å². The van der Waals surface area contributed by atoms with Gasteiger partial charge in [-0.25, -0.2) is 13.1 Å². The molecule has 0 saturated carbocycles. The average molecular weight is 472 g/mol. The molecule has 2 aliphatic heterocycles. The van der Waals surface area contributed by atoms with Crippen LogP contribution in [-0.2, 0) is 6.54 Å². The Bertz CT molecular complexity index is 1010. The first-order chi connectivity index (χ1) is 15.9. The van der Waals surface area contributed by atoms with Crippen molar-refractivity contribution in [3.63, 3.8) is 0 Å². The Morgan fingerprint density at radius 2 is 1.64 bits per heavy atom. The molecule has 1 unspecified atom stereocenters. The summed E-state index contributed by atoms with van der Waals surface area (Å²) in [5, 5.41) is 7.57. The minimum absolute atomic E-state index is 0.109. The predicted octanol–water partition coefficient (Wildman–Crippen LogP) is 5.06. The molecule has 176 valence electrons. The van der Waals surface area contributed by atoms with Gasteiger partial charge < -0.3 is 4.31 Å². The van der Waals surface area contributed by atoms with Gasteiger partial charge in [-0.05, 0) is 53.8 Å². The molecule has 0 bridgehead atoms. The van der Waals surface area contributed by atoms with Gasteiger partial charge in [-0.2, -0.15) is 10.2 Å². The predicted molar refractivity (Wildman–Crippen MR) is 137 cm³/mol. The number of nitrogens with zero attached hydrogens (tertiary/aromatic N) is 5. The van der Waals surface area contributed by atoms with E-state index in [1.165, 1.54) is 0 Å². The lowest BCUT2D eigenvalue weighted by Gasteiger charge is -2.41. The second kappa shape index (κ2) is 10.7. The highest BCUT2D eigenvalue weighted by atomic mass is 32.2. The zero-order chi connectivity index (χ0) is 23.4. The van der Waals surface area contributed by atoms with E-state index in [2.05, 4.69) is 67.7 Å². The van der Waals surface area contributed by atoms with Gasteiger partial charge in [0.15, 0.2) is 0 Å². The summed E-state index contributed by atoms with van der Waals surface area (Å²) in [7, 11) is -0.327. The number of benzene rings is 2. The van der Waals surface area contributed by atoms with Gasteiger partial charge in [0, 0.05) is 44.3 Å². The molecule has 8 heteroatoms. The third-order valence-electron chi connectivity index (χ3n) is 6.11. The normalized spacial score (nSPS) is 18.5. The van der Waals surface area contributed by atoms with Crippen LogP contribution in [0.15, 0.2) is 64.8 Å². The van der Waals surface area contributed by atoms with Crippen molar-refractivity contribution in [2.24, 2.45) is 10.2 Å². The number of para-hydroxylation sites is 1. The van der Waals surface area contributed by atoms with Gasteiger partial charge >= 0.3 is 0 Å². The van der Waals surface area contributed by atoms with Crippen molar-refractivity contribution in [1.29, 1.82) is 0 Å². The summed E-state index contributed by atoms with van der Waals surface area (Å²) >= 11 is 0. The van der Waals surface area contributed by atoms with Crippen LogP contribution in [0.5, 0.6) is 0 Å². The fraction of sp³-hybridized carbons (Fsp3) is 0.400. The number of anilines is 1. The highest BCUT2D eigenvalue weighted by molar-refractivity contribution is 8.13. The number of hydrogen-bond acceptors (Lipinski definition) is 5. The highest BCUT2D eigenvalue weighted by Crippen LogP contribution is 2.33. The van der Waals surface area contributed by atoms with Crippen LogP contribution in [0.2, 0.25) is 0 Å². The Morgan fingerprint density at radius 3 is 2.21 bits per heavy atom. The molecule has 1 atom stereocenters. The molecule has 2 heterocycles. The van der Waals surface area contributed by atoms with Crippen LogP contribution >= 0.6 is 10.9 Å². The molecule has 0 radical (unpaired) electrons. The molecule has 0 spiro atoms. The zero-order valence-corrected chi connectivity index (χ0v) is 20.0. The number of rotatable bonds is 8. The summed E-state index contributed by atoms with van der Waals surface area (Å²) in [6.45, 7) is 9.32. The summed E-state index contributed by atoms with van der Waals surface area (Å²) in [5.74, 6) is 4.57. The summed E-state index contributed by atoms with van der Waals surface area (Å²) in [6.07, 6.45) is -2.44. The quantitative estimate of drug-likeness (QED) is 0.505. The molecule has 2 aromatic carbocycles. The summed E-state index contributed by atoms with van der Waals surface area (Å²) < 4.78 is 30.6. The van der Waals surface area contributed by atoms with Crippen LogP contribution in [0.25, 0.3) is 0 Å². The second-order valence-corrected chi connectivity index (χ2v) is 10.2. The smallest absolute Gasteiger partial charge is 0.278 e. The van der Waals surface area contributed by atoms with Crippen LogP contribution in [-0.4, -0.2) is 65.1 Å². The fourth-order valence-corrected chi connectivity index (χ4v) is 5.59. The molecule has 0 aromatic heterocycles. The van der Waals surface area contributed by atoms with Gasteiger partial charge in [-0.3, -0.25) is 4.90 Å². The lowest BCUT2D eigenvalue weighted by molar-refractivity contribution is 0.160. The van der Waals surface area contributed by atoms with Gasteiger partial charge in [0.2, 0.25) is 0 Å². The second-order valence-electron chi connectivity index (χ2n) is 8.58. The van der Waals surface area contributed by atoms with E-state index < -0.39 is 6.43 Å². The Balaban J connectivity index is 1.47. The summed E-state index contributed by atoms with van der Waals surface area (Å²) in [5.41, 5.74) is 3.54. The molecular formula is C25H31F2N5S. The number of halogens is 2. The van der Waals surface area contributed by atoms with E-state index in [0.29, 0.717) is 18.3 Å². The van der Waals surface area contributed by atoms with Crippen LogP contribution in [0.1, 0.15) is 31.4 Å². The van der Waals surface area contributed by atoms with Crippen LogP contribution in [0, 0.1) is 0 Å². The van der Waals surface area contributed by atoms with Crippen molar-refractivity contribution in [3.8, 4) is 0 Å². The Morgan fingerprint density at radius 1 is 0.970 bits per heavy atom. The van der Waals surface area contributed by atoms with Crippen molar-refractivity contribution in [2.75, 3.05) is 30.5 Å². The zero-order valence-electron chi connectivity index (χ0n) is 19.2. The molecule has 4 rings (SSSR count). The van der Waals surface area contributed by atoms with Gasteiger partial charge in [-0.1, -0.05) is 42.5 Å². The van der Waals surface area contributed by atoms with Gasteiger partial charge in [0.1, 0.15) is 5.71 Å². The number of piperazine rings is 1. The van der Waals surface area contributed by atoms with Crippen molar-refractivity contribution < 1.29 is 8.78 Å². The highest BCUT2D eigenvalue weighted by Gasteiger charge is 2.24.